The van der Waals surface area contributed by atoms with Gasteiger partial charge in [0.1, 0.15) is 0 Å². The number of allylic oxidation sites excluding steroid dienone is 3. The van der Waals surface area contributed by atoms with E-state index in [2.05, 4.69) is 28.9 Å². The van der Waals surface area contributed by atoms with Gasteiger partial charge in [-0.1, -0.05) is 22.0 Å². The van der Waals surface area contributed by atoms with Gasteiger partial charge in [0.25, 0.3) is 0 Å². The molecule has 2 heteroatoms. The molecule has 1 rings (SSSR count). The maximum atomic E-state index is 5.61. The van der Waals surface area contributed by atoms with Gasteiger partial charge in [0.05, 0.1) is 0 Å². The molecule has 0 spiro atoms. The molecular weight excluding hydrogens is 178 g/mol. The van der Waals surface area contributed by atoms with Crippen LogP contribution >= 0.6 is 15.9 Å². The summed E-state index contributed by atoms with van der Waals surface area (Å²) in [6.45, 7) is 2.06. The highest BCUT2D eigenvalue weighted by molar-refractivity contribution is 9.09. The summed E-state index contributed by atoms with van der Waals surface area (Å²) in [4.78, 5) is 0.491. The molecule has 0 aromatic heterocycles. The van der Waals surface area contributed by atoms with Crippen molar-refractivity contribution >= 4 is 15.9 Å². The lowest BCUT2D eigenvalue weighted by atomic mass is 10.0. The van der Waals surface area contributed by atoms with Gasteiger partial charge in [-0.15, -0.1) is 0 Å². The van der Waals surface area contributed by atoms with Gasteiger partial charge >= 0.3 is 0 Å². The fourth-order valence-electron chi connectivity index (χ4n) is 0.829. The van der Waals surface area contributed by atoms with Crippen LogP contribution in [0.25, 0.3) is 0 Å². The first-order valence-corrected chi connectivity index (χ1v) is 3.89. The molecule has 1 aliphatic rings. The molecule has 0 heterocycles. The van der Waals surface area contributed by atoms with Gasteiger partial charge in [0, 0.05) is 10.5 Å². The highest BCUT2D eigenvalue weighted by Gasteiger charge is 2.06. The molecule has 0 amide bonds. The minimum absolute atomic E-state index is 0.491. The molecule has 1 aliphatic carbocycles. The fourth-order valence-corrected chi connectivity index (χ4v) is 1.47. The van der Waals surface area contributed by atoms with Crippen LogP contribution < -0.4 is 5.73 Å². The third kappa shape index (κ3) is 1.58. The van der Waals surface area contributed by atoms with Crippen LogP contribution in [-0.4, -0.2) is 4.83 Å². The molecule has 0 aromatic rings. The zero-order valence-corrected chi connectivity index (χ0v) is 6.98. The minimum atomic E-state index is 0.491. The van der Waals surface area contributed by atoms with Gasteiger partial charge in [-0.05, 0) is 25.0 Å². The Balaban J connectivity index is 2.75. The molecule has 0 bridgehead atoms. The van der Waals surface area contributed by atoms with Gasteiger partial charge in [-0.2, -0.15) is 0 Å². The van der Waals surface area contributed by atoms with E-state index in [0.717, 1.165) is 12.1 Å². The van der Waals surface area contributed by atoms with Gasteiger partial charge < -0.3 is 5.73 Å². The van der Waals surface area contributed by atoms with Crippen molar-refractivity contribution < 1.29 is 0 Å². The van der Waals surface area contributed by atoms with E-state index in [1.807, 2.05) is 6.08 Å². The Morgan fingerprint density at radius 3 is 2.89 bits per heavy atom. The second-order valence-electron chi connectivity index (χ2n) is 2.31. The minimum Gasteiger partial charge on any atom is -0.399 e. The first-order valence-electron chi connectivity index (χ1n) is 2.97. The van der Waals surface area contributed by atoms with Crippen LogP contribution in [0.15, 0.2) is 23.4 Å². The maximum Gasteiger partial charge on any atom is 0.0367 e. The Bertz CT molecular complexity index is 170. The first-order chi connectivity index (χ1) is 4.20. The fraction of sp³-hybridized carbons (Fsp3) is 0.429. The Labute approximate surface area is 63.8 Å². The summed E-state index contributed by atoms with van der Waals surface area (Å²) in [5.74, 6) is 0. The monoisotopic (exact) mass is 187 g/mol. The molecule has 0 radical (unpaired) electrons. The quantitative estimate of drug-likeness (QED) is 0.577. The summed E-state index contributed by atoms with van der Waals surface area (Å²) in [6.07, 6.45) is 5.07. The molecule has 1 atom stereocenters. The highest BCUT2D eigenvalue weighted by atomic mass is 79.9. The number of hydrogen-bond donors (Lipinski definition) is 1. The normalized spacial score (nSPS) is 27.1. The summed E-state index contributed by atoms with van der Waals surface area (Å²) in [5.41, 5.74) is 7.81. The van der Waals surface area contributed by atoms with Crippen LogP contribution in [0.2, 0.25) is 0 Å². The number of rotatable bonds is 0. The van der Waals surface area contributed by atoms with E-state index in [4.69, 9.17) is 5.73 Å². The average molecular weight is 188 g/mol. The van der Waals surface area contributed by atoms with Gasteiger partial charge in [-0.25, -0.2) is 0 Å². The molecule has 0 saturated carbocycles. The van der Waals surface area contributed by atoms with Crippen molar-refractivity contribution in [2.45, 2.75) is 18.2 Å². The maximum absolute atomic E-state index is 5.61. The first kappa shape index (κ1) is 6.87. The number of halogens is 1. The third-order valence-electron chi connectivity index (χ3n) is 1.48. The predicted octanol–water partition coefficient (Wildman–Crippen LogP) is 1.94. The second kappa shape index (κ2) is 2.56. The second-order valence-corrected chi connectivity index (χ2v) is 3.49. The highest BCUT2D eigenvalue weighted by Crippen LogP contribution is 2.20. The van der Waals surface area contributed by atoms with Crippen molar-refractivity contribution in [3.05, 3.63) is 23.4 Å². The van der Waals surface area contributed by atoms with Crippen LogP contribution in [0.5, 0.6) is 0 Å². The summed E-state index contributed by atoms with van der Waals surface area (Å²) >= 11 is 3.48. The van der Waals surface area contributed by atoms with E-state index in [0.29, 0.717) is 4.83 Å². The summed E-state index contributed by atoms with van der Waals surface area (Å²) < 4.78 is 0. The molecule has 0 fully saturated rings. The van der Waals surface area contributed by atoms with Crippen molar-refractivity contribution in [3.8, 4) is 0 Å². The average Bonchev–Trinajstić information content (AvgIpc) is 1.80. The zero-order chi connectivity index (χ0) is 6.85. The smallest absolute Gasteiger partial charge is 0.0367 e. The molecule has 9 heavy (non-hydrogen) atoms. The molecule has 50 valence electrons. The van der Waals surface area contributed by atoms with Crippen molar-refractivity contribution in [2.75, 3.05) is 0 Å². The van der Waals surface area contributed by atoms with Crippen molar-refractivity contribution in [2.24, 2.45) is 5.73 Å². The van der Waals surface area contributed by atoms with Gasteiger partial charge in [0.15, 0.2) is 0 Å². The Hall–Kier alpha value is -0.240. The van der Waals surface area contributed by atoms with E-state index < -0.39 is 0 Å². The molecule has 0 saturated heterocycles. The summed E-state index contributed by atoms with van der Waals surface area (Å²) in [7, 11) is 0. The van der Waals surface area contributed by atoms with E-state index in [1.54, 1.807) is 0 Å². The molecule has 2 N–H and O–H groups in total. The summed E-state index contributed by atoms with van der Waals surface area (Å²) in [6, 6.07) is 0. The summed E-state index contributed by atoms with van der Waals surface area (Å²) in [5, 5.41) is 0. The predicted molar refractivity (Wildman–Crippen MR) is 43.4 cm³/mol. The van der Waals surface area contributed by atoms with Crippen LogP contribution in [0.4, 0.5) is 0 Å². The molecule has 0 aliphatic heterocycles. The Morgan fingerprint density at radius 2 is 2.44 bits per heavy atom. The Morgan fingerprint density at radius 1 is 1.78 bits per heavy atom. The van der Waals surface area contributed by atoms with E-state index >= 15 is 0 Å². The van der Waals surface area contributed by atoms with E-state index in [9.17, 15) is 0 Å². The number of alkyl halides is 1. The van der Waals surface area contributed by atoms with Crippen LogP contribution in [0.3, 0.4) is 0 Å². The van der Waals surface area contributed by atoms with Gasteiger partial charge in [0.2, 0.25) is 0 Å². The van der Waals surface area contributed by atoms with Crippen molar-refractivity contribution in [3.63, 3.8) is 0 Å². The topological polar surface area (TPSA) is 26.0 Å². The lowest BCUT2D eigenvalue weighted by molar-refractivity contribution is 0.960. The third-order valence-corrected chi connectivity index (χ3v) is 2.11. The number of nitrogens with two attached hydrogens (primary N) is 1. The van der Waals surface area contributed by atoms with Crippen LogP contribution in [0.1, 0.15) is 13.3 Å². The standard InChI is InChI=1S/C7H10BrN/c1-5-4-6(8)2-3-7(5)9/h2-3,6H,4,9H2,1H3. The van der Waals surface area contributed by atoms with Gasteiger partial charge in [-0.3, -0.25) is 0 Å². The van der Waals surface area contributed by atoms with Crippen molar-refractivity contribution in [1.82, 2.24) is 0 Å². The van der Waals surface area contributed by atoms with E-state index in [-0.39, 0.29) is 0 Å². The SMILES string of the molecule is CC1=C(N)C=CC(Br)C1. The Kier molecular flexibility index (Phi) is 1.96. The lowest BCUT2D eigenvalue weighted by Crippen LogP contribution is -2.07. The molecule has 1 unspecified atom stereocenters. The molecule has 0 aromatic carbocycles. The zero-order valence-electron chi connectivity index (χ0n) is 5.39. The molecular formula is C7H10BrN. The number of hydrogen-bond acceptors (Lipinski definition) is 1. The lowest BCUT2D eigenvalue weighted by Gasteiger charge is -2.11. The van der Waals surface area contributed by atoms with Crippen molar-refractivity contribution in [1.29, 1.82) is 0 Å². The van der Waals surface area contributed by atoms with E-state index in [1.165, 1.54) is 5.57 Å². The largest absolute Gasteiger partial charge is 0.399 e. The van der Waals surface area contributed by atoms with Crippen LogP contribution in [0, 0.1) is 0 Å². The van der Waals surface area contributed by atoms with Crippen LogP contribution in [-0.2, 0) is 0 Å². The molecule has 1 nitrogen and oxygen atoms in total.